The van der Waals surface area contributed by atoms with Crippen LogP contribution in [0.1, 0.15) is 106 Å². The van der Waals surface area contributed by atoms with Crippen molar-refractivity contribution in [3.05, 3.63) is 0 Å². The Labute approximate surface area is 212 Å². The van der Waals surface area contributed by atoms with E-state index in [9.17, 15) is 25.2 Å². The number of aliphatic hydroxyl groups excluding tert-OH is 3. The van der Waals surface area contributed by atoms with Gasteiger partial charge in [-0.2, -0.15) is 0 Å². The van der Waals surface area contributed by atoms with Crippen molar-refractivity contribution in [1.82, 2.24) is 0 Å². The fourth-order valence-corrected chi connectivity index (χ4v) is 11.3. The van der Waals surface area contributed by atoms with Crippen LogP contribution in [0, 0.1) is 50.7 Å². The summed E-state index contributed by atoms with van der Waals surface area (Å²) < 4.78 is 0. The lowest BCUT2D eigenvalue weighted by molar-refractivity contribution is -0.190. The molecule has 0 aromatic heterocycles. The number of hydrogen-bond acceptors (Lipinski definition) is 5. The number of rotatable bonds is 5. The van der Waals surface area contributed by atoms with Gasteiger partial charge in [0.2, 0.25) is 0 Å². The Morgan fingerprint density at radius 3 is 2.29 bits per heavy atom. The minimum Gasteiger partial charge on any atom is -0.393 e. The zero-order chi connectivity index (χ0) is 26.0. The van der Waals surface area contributed by atoms with E-state index in [-0.39, 0.29) is 45.0 Å². The molecule has 200 valence electrons. The molecule has 5 saturated carbocycles. The van der Waals surface area contributed by atoms with Crippen molar-refractivity contribution in [2.75, 3.05) is 0 Å². The summed E-state index contributed by atoms with van der Waals surface area (Å²) in [5.74, 6) is 1.59. The number of hydrogen-bond donors (Lipinski definition) is 4. The third-order valence-electron chi connectivity index (χ3n) is 13.3. The maximum Gasteiger partial charge on any atom is 0.138 e. The highest BCUT2D eigenvalue weighted by Gasteiger charge is 2.83. The number of ketones is 1. The van der Waals surface area contributed by atoms with Crippen LogP contribution in [0.4, 0.5) is 0 Å². The van der Waals surface area contributed by atoms with Gasteiger partial charge in [-0.15, -0.1) is 0 Å². The lowest BCUT2D eigenvalue weighted by Gasteiger charge is -2.64. The van der Waals surface area contributed by atoms with Gasteiger partial charge in [-0.05, 0) is 111 Å². The van der Waals surface area contributed by atoms with Crippen molar-refractivity contribution < 1.29 is 25.2 Å². The highest BCUT2D eigenvalue weighted by atomic mass is 16.4. The molecule has 0 amide bonds. The van der Waals surface area contributed by atoms with Crippen molar-refractivity contribution in [3.8, 4) is 0 Å². The van der Waals surface area contributed by atoms with E-state index in [2.05, 4.69) is 34.6 Å². The van der Waals surface area contributed by atoms with Crippen LogP contribution in [0.5, 0.6) is 0 Å². The second-order valence-electron chi connectivity index (χ2n) is 15.3. The molecular formula is C30H50O5. The SMILES string of the molecule is C[C@H](C[C@@H](O)[C@H](O)C(C)(C)O)[C@H]1CC[C@@]2(C)[C@@H]3[C@@H](O)C[C@H]4C(C)(C)C(=O)CC[C@@]45C[C@@]35CC[C@]12C. The predicted octanol–water partition coefficient (Wildman–Crippen LogP) is 4.48. The minimum absolute atomic E-state index is 0.0312. The molecule has 0 heterocycles. The van der Waals surface area contributed by atoms with Crippen LogP contribution in [0.3, 0.4) is 0 Å². The van der Waals surface area contributed by atoms with Crippen molar-refractivity contribution in [1.29, 1.82) is 0 Å². The van der Waals surface area contributed by atoms with E-state index in [1.807, 2.05) is 0 Å². The monoisotopic (exact) mass is 490 g/mol. The second kappa shape index (κ2) is 7.55. The van der Waals surface area contributed by atoms with E-state index in [4.69, 9.17) is 0 Å². The van der Waals surface area contributed by atoms with Gasteiger partial charge < -0.3 is 20.4 Å². The van der Waals surface area contributed by atoms with Crippen molar-refractivity contribution >= 4 is 5.78 Å². The molecule has 0 radical (unpaired) electrons. The summed E-state index contributed by atoms with van der Waals surface area (Å²) in [6.45, 7) is 14.4. The minimum atomic E-state index is -1.33. The maximum absolute atomic E-state index is 12.9. The molecule has 4 N–H and O–H groups in total. The summed E-state index contributed by atoms with van der Waals surface area (Å²) >= 11 is 0. The molecule has 0 bridgehead atoms. The van der Waals surface area contributed by atoms with Gasteiger partial charge in [-0.3, -0.25) is 4.79 Å². The van der Waals surface area contributed by atoms with Crippen LogP contribution in [-0.4, -0.2) is 50.1 Å². The van der Waals surface area contributed by atoms with Gasteiger partial charge in [-0.1, -0.05) is 34.6 Å². The molecule has 0 aromatic rings. The van der Waals surface area contributed by atoms with Gasteiger partial charge in [0.25, 0.3) is 0 Å². The number of aliphatic hydroxyl groups is 4. The Balaban J connectivity index is 1.42. The maximum atomic E-state index is 12.9. The fourth-order valence-electron chi connectivity index (χ4n) is 11.3. The van der Waals surface area contributed by atoms with E-state index in [1.165, 1.54) is 6.42 Å². The van der Waals surface area contributed by atoms with Crippen molar-refractivity contribution in [2.24, 2.45) is 50.7 Å². The lowest BCUT2D eigenvalue weighted by atomic mass is 9.41. The first kappa shape index (κ1) is 26.1. The molecular weight excluding hydrogens is 440 g/mol. The van der Waals surface area contributed by atoms with Crippen LogP contribution >= 0.6 is 0 Å². The van der Waals surface area contributed by atoms with Gasteiger partial charge >= 0.3 is 0 Å². The molecule has 5 rings (SSSR count). The topological polar surface area (TPSA) is 98.0 Å². The van der Waals surface area contributed by atoms with E-state index in [0.29, 0.717) is 30.5 Å². The standard InChI is InChI=1S/C30H50O5/c1-17(14-20(32)24(34)26(4,5)35)18-8-10-28(7)23-19(31)15-21-25(2,3)22(33)9-11-29(21)16-30(23,29)13-12-27(18,28)6/h17-21,23-24,31-32,34-35H,8-16H2,1-7H3/t17-,18-,19+,20-,21+,23+,24+,27-,28+,29-,30+/m1/s1. The van der Waals surface area contributed by atoms with Crippen LogP contribution in [0.15, 0.2) is 0 Å². The largest absolute Gasteiger partial charge is 0.393 e. The highest BCUT2D eigenvalue weighted by Crippen LogP contribution is 2.88. The fraction of sp³-hybridized carbons (Fsp3) is 0.967. The summed E-state index contributed by atoms with van der Waals surface area (Å²) in [7, 11) is 0. The molecule has 0 saturated heterocycles. The molecule has 0 aliphatic heterocycles. The molecule has 2 spiro atoms. The Morgan fingerprint density at radius 2 is 1.66 bits per heavy atom. The average molecular weight is 491 g/mol. The molecule has 5 aliphatic rings. The van der Waals surface area contributed by atoms with Crippen molar-refractivity contribution in [2.45, 2.75) is 130 Å². The van der Waals surface area contributed by atoms with Crippen molar-refractivity contribution in [3.63, 3.8) is 0 Å². The molecule has 5 heteroatoms. The lowest BCUT2D eigenvalue weighted by Crippen LogP contribution is -2.61. The zero-order valence-corrected chi connectivity index (χ0v) is 23.1. The van der Waals surface area contributed by atoms with E-state index in [0.717, 1.165) is 38.5 Å². The Hall–Kier alpha value is -0.490. The zero-order valence-electron chi connectivity index (χ0n) is 23.1. The molecule has 5 fully saturated rings. The van der Waals surface area contributed by atoms with Crippen LogP contribution in [-0.2, 0) is 4.79 Å². The third kappa shape index (κ3) is 3.17. The molecule has 0 unspecified atom stereocenters. The van der Waals surface area contributed by atoms with Gasteiger partial charge in [0.1, 0.15) is 11.9 Å². The highest BCUT2D eigenvalue weighted by molar-refractivity contribution is 5.86. The first-order valence-electron chi connectivity index (χ1n) is 14.3. The second-order valence-corrected chi connectivity index (χ2v) is 15.3. The quantitative estimate of drug-likeness (QED) is 0.455. The van der Waals surface area contributed by atoms with Crippen LogP contribution < -0.4 is 0 Å². The molecule has 35 heavy (non-hydrogen) atoms. The molecule has 5 aliphatic carbocycles. The summed E-state index contributed by atoms with van der Waals surface area (Å²) in [6, 6.07) is 0. The first-order chi connectivity index (χ1) is 16.0. The van der Waals surface area contributed by atoms with Gasteiger partial charge in [0.15, 0.2) is 0 Å². The Morgan fingerprint density at radius 1 is 1.00 bits per heavy atom. The van der Waals surface area contributed by atoms with Crippen LogP contribution in [0.2, 0.25) is 0 Å². The predicted molar refractivity (Wildman–Crippen MR) is 135 cm³/mol. The summed E-state index contributed by atoms with van der Waals surface area (Å²) in [4.78, 5) is 12.9. The van der Waals surface area contributed by atoms with E-state index < -0.39 is 17.8 Å². The van der Waals surface area contributed by atoms with E-state index >= 15 is 0 Å². The Bertz CT molecular complexity index is 892. The number of Topliss-reactive ketones (excluding diaryl/α,β-unsaturated/α-hetero) is 1. The third-order valence-corrected chi connectivity index (χ3v) is 13.3. The molecule has 5 nitrogen and oxygen atoms in total. The van der Waals surface area contributed by atoms with Crippen LogP contribution in [0.25, 0.3) is 0 Å². The number of fused-ring (bicyclic) bond motifs is 2. The first-order valence-corrected chi connectivity index (χ1v) is 14.3. The van der Waals surface area contributed by atoms with E-state index in [1.54, 1.807) is 13.8 Å². The van der Waals surface area contributed by atoms with Gasteiger partial charge in [0, 0.05) is 11.8 Å². The smallest absolute Gasteiger partial charge is 0.138 e. The average Bonchev–Trinajstić information content (AvgIpc) is 3.31. The molecule has 0 aromatic carbocycles. The number of carbonyl (C=O) groups is 1. The normalized spacial score (nSPS) is 50.9. The summed E-state index contributed by atoms with van der Waals surface area (Å²) in [5, 5.41) is 43.2. The summed E-state index contributed by atoms with van der Waals surface area (Å²) in [6.07, 6.45) is 6.09. The molecule has 11 atom stereocenters. The van der Waals surface area contributed by atoms with Gasteiger partial charge in [0.05, 0.1) is 17.8 Å². The Kier molecular flexibility index (Phi) is 5.63. The number of carbonyl (C=O) groups excluding carboxylic acids is 1. The summed E-state index contributed by atoms with van der Waals surface area (Å²) in [5.41, 5.74) is -1.16. The van der Waals surface area contributed by atoms with Gasteiger partial charge in [-0.25, -0.2) is 0 Å².